The van der Waals surface area contributed by atoms with E-state index in [9.17, 15) is 14.4 Å². The second-order valence-electron chi connectivity index (χ2n) is 11.8. The molecule has 0 spiro atoms. The van der Waals surface area contributed by atoms with E-state index in [0.29, 0.717) is 52.3 Å². The molecule has 0 aromatic carbocycles. The predicted molar refractivity (Wildman–Crippen MR) is 177 cm³/mol. The van der Waals surface area contributed by atoms with Crippen molar-refractivity contribution in [1.82, 2.24) is 16.0 Å². The van der Waals surface area contributed by atoms with Crippen LogP contribution in [0.5, 0.6) is 0 Å². The molecule has 5 N–H and O–H groups in total. The van der Waals surface area contributed by atoms with Gasteiger partial charge >= 0.3 is 0 Å². The second-order valence-corrected chi connectivity index (χ2v) is 11.8. The van der Waals surface area contributed by atoms with E-state index in [1.54, 1.807) is 0 Å². The molecule has 1 atom stereocenters. The van der Waals surface area contributed by atoms with Crippen LogP contribution in [0, 0.1) is 0 Å². The van der Waals surface area contributed by atoms with Crippen molar-refractivity contribution >= 4 is 17.7 Å². The molecule has 0 saturated carbocycles. The third kappa shape index (κ3) is 31.5. The van der Waals surface area contributed by atoms with E-state index >= 15 is 0 Å². The highest BCUT2D eigenvalue weighted by atomic mass is 16.5. The van der Waals surface area contributed by atoms with Crippen LogP contribution >= 0.6 is 0 Å². The second kappa shape index (κ2) is 33.2. The fraction of sp³-hybridized carbons (Fsp3) is 0.912. The summed E-state index contributed by atoms with van der Waals surface area (Å²) in [5, 5.41) is 8.76. The molecule has 0 aliphatic rings. The molecule has 9 nitrogen and oxygen atoms in total. The van der Waals surface area contributed by atoms with Crippen LogP contribution < -0.4 is 21.7 Å². The summed E-state index contributed by atoms with van der Waals surface area (Å²) in [6.07, 6.45) is 25.5. The van der Waals surface area contributed by atoms with Gasteiger partial charge < -0.3 is 31.2 Å². The number of ether oxygens (including phenoxy) is 2. The van der Waals surface area contributed by atoms with Gasteiger partial charge in [0.15, 0.2) is 0 Å². The van der Waals surface area contributed by atoms with Crippen molar-refractivity contribution in [2.45, 2.75) is 155 Å². The van der Waals surface area contributed by atoms with Crippen molar-refractivity contribution in [3.05, 3.63) is 0 Å². The number of nitrogens with two attached hydrogens (primary N) is 1. The van der Waals surface area contributed by atoms with Gasteiger partial charge in [0.05, 0.1) is 25.9 Å². The Morgan fingerprint density at radius 3 is 1.63 bits per heavy atom. The lowest BCUT2D eigenvalue weighted by Crippen LogP contribution is -2.41. The Morgan fingerprint density at radius 1 is 0.581 bits per heavy atom. The number of hydrogen-bond acceptors (Lipinski definition) is 6. The van der Waals surface area contributed by atoms with Crippen molar-refractivity contribution in [3.8, 4) is 0 Å². The first-order valence-electron chi connectivity index (χ1n) is 17.7. The van der Waals surface area contributed by atoms with Crippen LogP contribution in [0.25, 0.3) is 0 Å². The highest BCUT2D eigenvalue weighted by Gasteiger charge is 2.12. The van der Waals surface area contributed by atoms with Gasteiger partial charge in [0.1, 0.15) is 6.61 Å². The van der Waals surface area contributed by atoms with Gasteiger partial charge in [-0.15, -0.1) is 0 Å². The van der Waals surface area contributed by atoms with Crippen LogP contribution in [-0.2, 0) is 23.9 Å². The predicted octanol–water partition coefficient (Wildman–Crippen LogP) is 5.93. The molecule has 0 aromatic rings. The van der Waals surface area contributed by atoms with E-state index < -0.39 is 0 Å². The molecule has 9 heteroatoms. The Kier molecular flexibility index (Phi) is 31.9. The minimum Gasteiger partial charge on any atom is -0.377 e. The Balaban J connectivity index is 3.32. The largest absolute Gasteiger partial charge is 0.377 e. The smallest absolute Gasteiger partial charge is 0.245 e. The minimum atomic E-state index is -0.343. The van der Waals surface area contributed by atoms with E-state index in [4.69, 9.17) is 15.2 Å². The first-order chi connectivity index (χ1) is 21.0. The molecule has 0 aliphatic carbocycles. The summed E-state index contributed by atoms with van der Waals surface area (Å²) in [6.45, 7) is 7.05. The van der Waals surface area contributed by atoms with Crippen LogP contribution in [0.15, 0.2) is 0 Å². The van der Waals surface area contributed by atoms with Gasteiger partial charge in [-0.3, -0.25) is 14.4 Å². The molecule has 0 radical (unpaired) electrons. The average Bonchev–Trinajstić information content (AvgIpc) is 2.99. The molecule has 0 unspecified atom stereocenters. The van der Waals surface area contributed by atoms with Gasteiger partial charge in [-0.05, 0) is 32.2 Å². The highest BCUT2D eigenvalue weighted by molar-refractivity contribution is 5.79. The summed E-state index contributed by atoms with van der Waals surface area (Å²) in [4.78, 5) is 35.1. The number of hydrogen-bond donors (Lipinski definition) is 4. The van der Waals surface area contributed by atoms with Crippen molar-refractivity contribution < 1.29 is 23.9 Å². The van der Waals surface area contributed by atoms with Crippen molar-refractivity contribution in [2.75, 3.05) is 46.1 Å². The van der Waals surface area contributed by atoms with Gasteiger partial charge in [-0.2, -0.15) is 0 Å². The molecule has 0 aliphatic heterocycles. The molecule has 254 valence electrons. The maximum atomic E-state index is 12.0. The molecule has 3 amide bonds. The number of nitrogens with one attached hydrogen (secondary N) is 3. The summed E-state index contributed by atoms with van der Waals surface area (Å²) < 4.78 is 10.8. The Labute approximate surface area is 263 Å². The lowest BCUT2D eigenvalue weighted by molar-refractivity contribution is -0.126. The number of likely N-dealkylation sites (N-methyl/N-ethyl adjacent to an activating group) is 1. The van der Waals surface area contributed by atoms with Gasteiger partial charge in [-0.1, -0.05) is 117 Å². The molecule has 0 saturated heterocycles. The zero-order valence-corrected chi connectivity index (χ0v) is 28.0. The summed E-state index contributed by atoms with van der Waals surface area (Å²) in [6, 6.07) is -0.314. The summed E-state index contributed by atoms with van der Waals surface area (Å²) in [7, 11) is 0. The van der Waals surface area contributed by atoms with Gasteiger partial charge in [-0.25, -0.2) is 0 Å². The van der Waals surface area contributed by atoms with E-state index in [-0.39, 0.29) is 30.4 Å². The molecule has 43 heavy (non-hydrogen) atoms. The molecule has 0 aromatic heterocycles. The molecular formula is C34H68N4O5. The van der Waals surface area contributed by atoms with Crippen molar-refractivity contribution in [3.63, 3.8) is 0 Å². The van der Waals surface area contributed by atoms with Gasteiger partial charge in [0, 0.05) is 19.5 Å². The van der Waals surface area contributed by atoms with Crippen LogP contribution in [0.1, 0.15) is 149 Å². The first kappa shape index (κ1) is 41.3. The zero-order valence-electron chi connectivity index (χ0n) is 28.0. The maximum Gasteiger partial charge on any atom is 0.245 e. The normalized spacial score (nSPS) is 11.9. The molecule has 0 rings (SSSR count). The third-order valence-corrected chi connectivity index (χ3v) is 7.72. The van der Waals surface area contributed by atoms with Crippen LogP contribution in [-0.4, -0.2) is 69.8 Å². The molecule has 0 bridgehead atoms. The summed E-state index contributed by atoms with van der Waals surface area (Å²) in [5.74, 6) is -0.427. The number of carbonyl (C=O) groups excluding carboxylic acids is 3. The maximum absolute atomic E-state index is 12.0. The van der Waals surface area contributed by atoms with Crippen LogP contribution in [0.4, 0.5) is 0 Å². The van der Waals surface area contributed by atoms with Crippen molar-refractivity contribution in [2.24, 2.45) is 5.73 Å². The quantitative estimate of drug-likeness (QED) is 0.0667. The van der Waals surface area contributed by atoms with E-state index in [2.05, 4.69) is 22.9 Å². The fourth-order valence-corrected chi connectivity index (χ4v) is 5.09. The molecule has 0 heterocycles. The number of rotatable bonds is 34. The van der Waals surface area contributed by atoms with Gasteiger partial charge in [0.25, 0.3) is 0 Å². The number of carbonyl (C=O) groups is 3. The fourth-order valence-electron chi connectivity index (χ4n) is 5.09. The standard InChI is InChI=1S/C34H68N4O5/c1-3-5-6-7-8-9-10-11-12-13-14-15-16-17-18-19-20-24-32(39)38-26-27-42-28-29-43-30-33(40)37-25-22-21-23-31(34(35)41)36-4-2/h31,36H,3-30H2,1-2H3,(H2,35,41)(H,37,40)(H,38,39)/t31-/m0/s1. The van der Waals surface area contributed by atoms with Crippen molar-refractivity contribution in [1.29, 1.82) is 0 Å². The van der Waals surface area contributed by atoms with E-state index in [1.807, 2.05) is 6.92 Å². The molecular weight excluding hydrogens is 544 g/mol. The molecule has 0 fully saturated rings. The minimum absolute atomic E-state index is 0.0131. The average molecular weight is 613 g/mol. The Bertz CT molecular complexity index is 650. The van der Waals surface area contributed by atoms with Gasteiger partial charge in [0.2, 0.25) is 17.7 Å². The lowest BCUT2D eigenvalue weighted by Gasteiger charge is -2.13. The van der Waals surface area contributed by atoms with E-state index in [0.717, 1.165) is 25.7 Å². The van der Waals surface area contributed by atoms with Crippen LogP contribution in [0.3, 0.4) is 0 Å². The Morgan fingerprint density at radius 2 is 1.09 bits per heavy atom. The monoisotopic (exact) mass is 613 g/mol. The van der Waals surface area contributed by atoms with E-state index in [1.165, 1.54) is 96.3 Å². The number of primary amides is 1. The van der Waals surface area contributed by atoms with Crippen LogP contribution in [0.2, 0.25) is 0 Å². The number of unbranched alkanes of at least 4 members (excludes halogenated alkanes) is 17. The first-order valence-corrected chi connectivity index (χ1v) is 17.7. The Hall–Kier alpha value is -1.71. The topological polar surface area (TPSA) is 132 Å². The third-order valence-electron chi connectivity index (χ3n) is 7.72. The SMILES string of the molecule is CCCCCCCCCCCCCCCCCCCC(=O)NCCOCCOCC(=O)NCCCC[C@H](NCC)C(N)=O. The number of amides is 3. The lowest BCUT2D eigenvalue weighted by atomic mass is 10.0. The summed E-state index contributed by atoms with van der Waals surface area (Å²) >= 11 is 0. The zero-order chi connectivity index (χ0) is 31.6. The highest BCUT2D eigenvalue weighted by Crippen LogP contribution is 2.14. The summed E-state index contributed by atoms with van der Waals surface area (Å²) in [5.41, 5.74) is 5.35.